The predicted molar refractivity (Wildman–Crippen MR) is 93.4 cm³/mol. The monoisotopic (exact) mass is 351 g/mol. The van der Waals surface area contributed by atoms with Gasteiger partial charge in [-0.05, 0) is 23.8 Å². The Hall–Kier alpha value is -3.42. The molecule has 4 rings (SSSR count). The first-order valence-electron chi connectivity index (χ1n) is 8.22. The van der Waals surface area contributed by atoms with Crippen molar-refractivity contribution in [3.05, 3.63) is 59.9 Å². The molecule has 8 nitrogen and oxygen atoms in total. The maximum Gasteiger partial charge on any atom is 0.255 e. The summed E-state index contributed by atoms with van der Waals surface area (Å²) in [6, 6.07) is 5.14. The summed E-state index contributed by atoms with van der Waals surface area (Å²) in [6.07, 6.45) is 4.36. The Bertz CT molecular complexity index is 900. The van der Waals surface area contributed by atoms with Crippen molar-refractivity contribution < 1.29 is 14.4 Å². The van der Waals surface area contributed by atoms with Crippen LogP contribution in [0, 0.1) is 0 Å². The lowest BCUT2D eigenvalue weighted by molar-refractivity contribution is -0.132. The van der Waals surface area contributed by atoms with E-state index in [0.29, 0.717) is 36.4 Å². The highest BCUT2D eigenvalue weighted by Gasteiger charge is 2.40. The molecule has 8 heteroatoms. The summed E-state index contributed by atoms with van der Waals surface area (Å²) in [4.78, 5) is 40.0. The number of hydrogen-bond acceptors (Lipinski definition) is 4. The van der Waals surface area contributed by atoms with Gasteiger partial charge in [0.15, 0.2) is 0 Å². The highest BCUT2D eigenvalue weighted by Crippen LogP contribution is 2.29. The van der Waals surface area contributed by atoms with Crippen LogP contribution in [0.5, 0.6) is 0 Å². The highest BCUT2D eigenvalue weighted by molar-refractivity contribution is 6.07. The first-order valence-corrected chi connectivity index (χ1v) is 8.22. The Morgan fingerprint density at radius 1 is 1.35 bits per heavy atom. The Kier molecular flexibility index (Phi) is 3.80. The molecule has 0 saturated carbocycles. The van der Waals surface area contributed by atoms with E-state index in [9.17, 15) is 14.4 Å². The Balaban J connectivity index is 1.47. The third-order valence-electron chi connectivity index (χ3n) is 4.75. The van der Waals surface area contributed by atoms with Gasteiger partial charge in [0, 0.05) is 37.0 Å². The van der Waals surface area contributed by atoms with Gasteiger partial charge < -0.3 is 15.1 Å². The molecule has 2 aliphatic rings. The number of carbonyl (C=O) groups is 3. The van der Waals surface area contributed by atoms with E-state index < -0.39 is 0 Å². The Labute approximate surface area is 149 Å². The molecule has 0 atom stereocenters. The van der Waals surface area contributed by atoms with Crippen molar-refractivity contribution in [2.45, 2.75) is 12.6 Å². The second kappa shape index (κ2) is 6.14. The first kappa shape index (κ1) is 16.1. The van der Waals surface area contributed by atoms with Crippen molar-refractivity contribution in [2.24, 2.45) is 0 Å². The molecule has 2 N–H and O–H groups in total. The van der Waals surface area contributed by atoms with Crippen LogP contribution < -0.4 is 5.32 Å². The van der Waals surface area contributed by atoms with E-state index in [1.807, 2.05) is 6.07 Å². The van der Waals surface area contributed by atoms with Crippen LogP contribution in [0.2, 0.25) is 0 Å². The van der Waals surface area contributed by atoms with Crippen LogP contribution in [0.3, 0.4) is 0 Å². The number of aromatic nitrogens is 2. The summed E-state index contributed by atoms with van der Waals surface area (Å²) in [5, 5.41) is 9.11. The second-order valence-corrected chi connectivity index (χ2v) is 6.35. The number of rotatable bonds is 4. The van der Waals surface area contributed by atoms with E-state index in [1.165, 1.54) is 12.3 Å². The fourth-order valence-corrected chi connectivity index (χ4v) is 3.24. The smallest absolute Gasteiger partial charge is 0.255 e. The number of nitrogens with one attached hydrogen (secondary N) is 2. The van der Waals surface area contributed by atoms with Gasteiger partial charge in [-0.1, -0.05) is 12.6 Å². The van der Waals surface area contributed by atoms with Crippen molar-refractivity contribution in [2.75, 3.05) is 18.4 Å². The second-order valence-electron chi connectivity index (χ2n) is 6.35. The molecule has 1 fully saturated rings. The molecule has 1 aromatic carbocycles. The zero-order valence-electron chi connectivity index (χ0n) is 13.9. The number of H-pyrrole nitrogens is 1. The molecule has 3 heterocycles. The average molecular weight is 351 g/mol. The lowest BCUT2D eigenvalue weighted by Gasteiger charge is -2.43. The molecule has 0 bridgehead atoms. The lowest BCUT2D eigenvalue weighted by atomic mass is 10.1. The number of nitrogens with zero attached hydrogens (tertiary/aromatic N) is 3. The molecule has 3 amide bonds. The molecule has 0 radical (unpaired) electrons. The molecular formula is C18H17N5O3. The summed E-state index contributed by atoms with van der Waals surface area (Å²) >= 11 is 0. The van der Waals surface area contributed by atoms with E-state index in [1.54, 1.807) is 28.1 Å². The number of anilines is 1. The fraction of sp³-hybridized carbons (Fsp3) is 0.222. The number of likely N-dealkylation sites (tertiary alicyclic amines) is 1. The number of hydrogen-bond donors (Lipinski definition) is 2. The van der Waals surface area contributed by atoms with Gasteiger partial charge >= 0.3 is 0 Å². The fourth-order valence-electron chi connectivity index (χ4n) is 3.24. The van der Waals surface area contributed by atoms with Gasteiger partial charge in [-0.2, -0.15) is 5.10 Å². The van der Waals surface area contributed by atoms with Gasteiger partial charge in [0.05, 0.1) is 17.9 Å². The van der Waals surface area contributed by atoms with Crippen LogP contribution in [0.15, 0.2) is 43.2 Å². The zero-order valence-corrected chi connectivity index (χ0v) is 13.9. The van der Waals surface area contributed by atoms with Crippen molar-refractivity contribution in [3.8, 4) is 0 Å². The van der Waals surface area contributed by atoms with Crippen LogP contribution in [0.4, 0.5) is 5.69 Å². The Morgan fingerprint density at radius 3 is 2.85 bits per heavy atom. The molecule has 2 aliphatic heterocycles. The van der Waals surface area contributed by atoms with Crippen LogP contribution in [-0.4, -0.2) is 56.9 Å². The van der Waals surface area contributed by atoms with Crippen molar-refractivity contribution in [1.82, 2.24) is 20.0 Å². The zero-order chi connectivity index (χ0) is 18.3. The number of carbonyl (C=O) groups excluding carboxylic acids is 3. The number of benzene rings is 1. The quantitative estimate of drug-likeness (QED) is 0.803. The van der Waals surface area contributed by atoms with Gasteiger partial charge in [-0.25, -0.2) is 0 Å². The lowest BCUT2D eigenvalue weighted by Crippen LogP contribution is -2.60. The van der Waals surface area contributed by atoms with Crippen LogP contribution in [0.25, 0.3) is 0 Å². The molecule has 2 aromatic rings. The van der Waals surface area contributed by atoms with Crippen molar-refractivity contribution >= 4 is 23.4 Å². The molecule has 1 aromatic heterocycles. The molecule has 26 heavy (non-hydrogen) atoms. The summed E-state index contributed by atoms with van der Waals surface area (Å²) in [7, 11) is 0. The molecule has 1 saturated heterocycles. The van der Waals surface area contributed by atoms with Crippen LogP contribution in [-0.2, 0) is 11.3 Å². The summed E-state index contributed by atoms with van der Waals surface area (Å²) in [6.45, 7) is 4.99. The minimum atomic E-state index is -0.299. The van der Waals surface area contributed by atoms with Gasteiger partial charge in [0.2, 0.25) is 5.91 Å². The summed E-state index contributed by atoms with van der Waals surface area (Å²) < 4.78 is 0. The third kappa shape index (κ3) is 2.65. The average Bonchev–Trinajstić information content (AvgIpc) is 3.22. The van der Waals surface area contributed by atoms with Gasteiger partial charge in [0.25, 0.3) is 11.8 Å². The van der Waals surface area contributed by atoms with E-state index in [0.717, 1.165) is 5.56 Å². The maximum atomic E-state index is 12.7. The molecular weight excluding hydrogens is 334 g/mol. The first-order chi connectivity index (χ1) is 12.6. The number of fused-ring (bicyclic) bond motifs is 1. The minimum absolute atomic E-state index is 0.00186. The van der Waals surface area contributed by atoms with E-state index in [4.69, 9.17) is 0 Å². The van der Waals surface area contributed by atoms with Gasteiger partial charge in [0.1, 0.15) is 0 Å². The van der Waals surface area contributed by atoms with Gasteiger partial charge in [-0.15, -0.1) is 0 Å². The Morgan fingerprint density at radius 2 is 2.15 bits per heavy atom. The molecule has 0 aliphatic carbocycles. The number of amides is 3. The van der Waals surface area contributed by atoms with E-state index in [2.05, 4.69) is 22.1 Å². The van der Waals surface area contributed by atoms with Crippen molar-refractivity contribution in [3.63, 3.8) is 0 Å². The normalized spacial score (nSPS) is 16.2. The highest BCUT2D eigenvalue weighted by atomic mass is 16.2. The van der Waals surface area contributed by atoms with Crippen molar-refractivity contribution in [1.29, 1.82) is 0 Å². The number of aromatic amines is 1. The maximum absolute atomic E-state index is 12.7. The van der Waals surface area contributed by atoms with E-state index in [-0.39, 0.29) is 23.8 Å². The van der Waals surface area contributed by atoms with Gasteiger partial charge in [-0.3, -0.25) is 19.5 Å². The van der Waals surface area contributed by atoms with E-state index >= 15 is 0 Å². The molecule has 0 unspecified atom stereocenters. The van der Waals surface area contributed by atoms with Crippen LogP contribution in [0.1, 0.15) is 26.3 Å². The molecule has 0 spiro atoms. The SMILES string of the molecule is C=CC(=O)N1CC(N2Cc3ccc(C(=O)Nc4cn[nH]c4)cc3C2=O)C1. The molecule has 132 valence electrons. The summed E-state index contributed by atoms with van der Waals surface area (Å²) in [5.41, 5.74) is 2.41. The largest absolute Gasteiger partial charge is 0.335 e. The standard InChI is InChI=1S/C18H17N5O3/c1-2-16(24)22-9-14(10-22)23-8-12-4-3-11(5-15(12)18(23)26)17(25)21-13-6-19-20-7-13/h2-7,14H,1,8-10H2,(H,19,20)(H,21,25). The predicted octanol–water partition coefficient (Wildman–Crippen LogP) is 1.01. The third-order valence-corrected chi connectivity index (χ3v) is 4.75. The minimum Gasteiger partial charge on any atom is -0.335 e. The van der Waals surface area contributed by atoms with Crippen LogP contribution >= 0.6 is 0 Å². The topological polar surface area (TPSA) is 98.4 Å². The summed E-state index contributed by atoms with van der Waals surface area (Å²) in [5.74, 6) is -0.524.